The lowest BCUT2D eigenvalue weighted by molar-refractivity contribution is 0.0943. The Hall–Kier alpha value is -3.47. The van der Waals surface area contributed by atoms with Crippen LogP contribution in [0, 0.1) is 20.8 Å². The molecule has 0 saturated carbocycles. The second-order valence-electron chi connectivity index (χ2n) is 12.0. The number of piperidine rings is 1. The molecule has 1 saturated heterocycles. The third kappa shape index (κ3) is 7.60. The molecule has 1 N–H and O–H groups in total. The number of anilines is 1. The number of methoxy groups -OCH3 is 1. The number of ether oxygens (including phenoxy) is 1. The second kappa shape index (κ2) is 14.5. The molecule has 1 aromatic heterocycles. The summed E-state index contributed by atoms with van der Waals surface area (Å²) in [6, 6.07) is 14.3. The molecule has 1 aliphatic rings. The number of carbonyl (C=O) groups excluding carboxylic acids is 1. The van der Waals surface area contributed by atoms with Crippen molar-refractivity contribution in [2.75, 3.05) is 45.7 Å². The van der Waals surface area contributed by atoms with Crippen LogP contribution in [-0.2, 0) is 16.6 Å². The maximum absolute atomic E-state index is 13.2. The Morgan fingerprint density at radius 2 is 1.73 bits per heavy atom. The highest BCUT2D eigenvalue weighted by Crippen LogP contribution is 2.29. The molecule has 0 bridgehead atoms. The molecule has 1 aliphatic heterocycles. The van der Waals surface area contributed by atoms with Crippen molar-refractivity contribution >= 4 is 21.6 Å². The fourth-order valence-corrected chi connectivity index (χ4v) is 7.13. The molecule has 0 unspecified atom stereocenters. The van der Waals surface area contributed by atoms with Gasteiger partial charge in [-0.15, -0.1) is 0 Å². The van der Waals surface area contributed by atoms with Crippen LogP contribution >= 0.6 is 0 Å². The highest BCUT2D eigenvalue weighted by atomic mass is 32.2. The molecule has 3 aromatic rings. The van der Waals surface area contributed by atoms with E-state index in [2.05, 4.69) is 52.1 Å². The zero-order chi connectivity index (χ0) is 32.0. The van der Waals surface area contributed by atoms with E-state index in [0.29, 0.717) is 29.8 Å². The Balaban J connectivity index is 1.36. The van der Waals surface area contributed by atoms with Gasteiger partial charge in [0.15, 0.2) is 0 Å². The van der Waals surface area contributed by atoms with E-state index in [1.165, 1.54) is 35.2 Å². The van der Waals surface area contributed by atoms with E-state index < -0.39 is 10.0 Å². The predicted octanol–water partition coefficient (Wildman–Crippen LogP) is 4.95. The summed E-state index contributed by atoms with van der Waals surface area (Å²) in [4.78, 5) is 22.8. The third-order valence-electron chi connectivity index (χ3n) is 8.91. The van der Waals surface area contributed by atoms with Crippen LogP contribution in [0.4, 0.5) is 5.69 Å². The van der Waals surface area contributed by atoms with Gasteiger partial charge in [-0.25, -0.2) is 12.7 Å². The van der Waals surface area contributed by atoms with E-state index in [9.17, 15) is 13.2 Å². The van der Waals surface area contributed by atoms with Gasteiger partial charge in [0.2, 0.25) is 10.0 Å². The standard InChI is InChI=1S/C34H47N5O4S/c1-24-14-18-35-22-28(24)23-39(29-9-11-31(43-7)12-10-29)30-16-20-38(21-17-30)26(3)15-19-36-34(40)33-25(2)8-13-32(27(33)4)44(41,42)37(5)6/h8-14,18,22,26,30H,15-17,19-21,23H2,1-7H3,(H,36,40)/t26-/m1/s1. The van der Waals surface area contributed by atoms with Gasteiger partial charge >= 0.3 is 0 Å². The van der Waals surface area contributed by atoms with Gasteiger partial charge in [0.05, 0.1) is 12.0 Å². The van der Waals surface area contributed by atoms with E-state index in [-0.39, 0.29) is 10.8 Å². The number of hydrogen-bond acceptors (Lipinski definition) is 7. The van der Waals surface area contributed by atoms with Crippen LogP contribution in [0.25, 0.3) is 0 Å². The van der Waals surface area contributed by atoms with Crippen LogP contribution in [0.15, 0.2) is 59.8 Å². The Bertz CT molecular complexity index is 1530. The van der Waals surface area contributed by atoms with Crippen LogP contribution < -0.4 is 15.0 Å². The molecule has 2 heterocycles. The lowest BCUT2D eigenvalue weighted by atomic mass is 9.98. The van der Waals surface area contributed by atoms with Crippen molar-refractivity contribution in [1.29, 1.82) is 0 Å². The minimum atomic E-state index is -3.65. The van der Waals surface area contributed by atoms with Gasteiger partial charge < -0.3 is 19.9 Å². The fraction of sp³-hybridized carbons (Fsp3) is 0.471. The first-order valence-electron chi connectivity index (χ1n) is 15.3. The van der Waals surface area contributed by atoms with Crippen molar-refractivity contribution in [3.63, 3.8) is 0 Å². The fourth-order valence-electron chi connectivity index (χ4n) is 6.01. The summed E-state index contributed by atoms with van der Waals surface area (Å²) in [5.41, 5.74) is 5.32. The largest absolute Gasteiger partial charge is 0.497 e. The normalized spacial score (nSPS) is 15.3. The van der Waals surface area contributed by atoms with E-state index in [4.69, 9.17) is 4.74 Å². The summed E-state index contributed by atoms with van der Waals surface area (Å²) in [7, 11) is 1.03. The number of aryl methyl sites for hydroxylation is 2. The van der Waals surface area contributed by atoms with Crippen molar-refractivity contribution in [1.82, 2.24) is 19.5 Å². The Morgan fingerprint density at radius 1 is 1.05 bits per heavy atom. The van der Waals surface area contributed by atoms with Gasteiger partial charge in [0.1, 0.15) is 5.75 Å². The number of sulfonamides is 1. The number of amides is 1. The summed E-state index contributed by atoms with van der Waals surface area (Å²) in [6.07, 6.45) is 6.69. The number of pyridine rings is 1. The Labute approximate surface area is 263 Å². The summed E-state index contributed by atoms with van der Waals surface area (Å²) in [5.74, 6) is 0.612. The molecule has 1 fully saturated rings. The van der Waals surface area contributed by atoms with Crippen molar-refractivity contribution in [2.45, 2.75) is 70.5 Å². The predicted molar refractivity (Wildman–Crippen MR) is 176 cm³/mol. The van der Waals surface area contributed by atoms with Crippen molar-refractivity contribution in [2.24, 2.45) is 0 Å². The van der Waals surface area contributed by atoms with Gasteiger partial charge in [0.25, 0.3) is 5.91 Å². The number of nitrogens with one attached hydrogen (secondary N) is 1. The summed E-state index contributed by atoms with van der Waals surface area (Å²) in [5, 5.41) is 3.05. The maximum atomic E-state index is 13.2. The van der Waals surface area contributed by atoms with E-state index in [1.54, 1.807) is 26.2 Å². The van der Waals surface area contributed by atoms with Crippen LogP contribution in [-0.4, -0.2) is 81.4 Å². The first-order valence-corrected chi connectivity index (χ1v) is 16.7. The van der Waals surface area contributed by atoms with Crippen LogP contribution in [0.3, 0.4) is 0 Å². The van der Waals surface area contributed by atoms with Crippen LogP contribution in [0.2, 0.25) is 0 Å². The number of benzene rings is 2. The zero-order valence-corrected chi connectivity index (χ0v) is 27.9. The first-order chi connectivity index (χ1) is 20.9. The number of nitrogens with zero attached hydrogens (tertiary/aromatic N) is 4. The number of aromatic nitrogens is 1. The average Bonchev–Trinajstić information content (AvgIpc) is 3.00. The van der Waals surface area contributed by atoms with Gasteiger partial charge in [-0.3, -0.25) is 9.78 Å². The SMILES string of the molecule is COc1ccc(N(Cc2cnccc2C)C2CCN([C@H](C)CCNC(=O)c3c(C)ccc(S(=O)(=O)N(C)C)c3C)CC2)cc1. The molecule has 238 valence electrons. The highest BCUT2D eigenvalue weighted by Gasteiger charge is 2.28. The molecule has 44 heavy (non-hydrogen) atoms. The first kappa shape index (κ1) is 33.4. The summed E-state index contributed by atoms with van der Waals surface area (Å²) in [6.45, 7) is 11.2. The van der Waals surface area contributed by atoms with Crippen LogP contribution in [0.1, 0.15) is 58.8 Å². The van der Waals surface area contributed by atoms with Gasteiger partial charge in [-0.2, -0.15) is 0 Å². The van der Waals surface area contributed by atoms with Crippen LogP contribution in [0.5, 0.6) is 5.75 Å². The molecular formula is C34H47N5O4S. The lowest BCUT2D eigenvalue weighted by Crippen LogP contribution is -2.48. The molecule has 0 spiro atoms. The lowest BCUT2D eigenvalue weighted by Gasteiger charge is -2.42. The van der Waals surface area contributed by atoms with E-state index >= 15 is 0 Å². The monoisotopic (exact) mass is 621 g/mol. The minimum absolute atomic E-state index is 0.164. The molecular weight excluding hydrogens is 574 g/mol. The third-order valence-corrected chi connectivity index (χ3v) is 10.9. The number of likely N-dealkylation sites (tertiary alicyclic amines) is 1. The molecule has 9 nitrogen and oxygen atoms in total. The number of hydrogen-bond donors (Lipinski definition) is 1. The van der Waals surface area contributed by atoms with Gasteiger partial charge in [-0.1, -0.05) is 6.07 Å². The molecule has 0 aliphatic carbocycles. The highest BCUT2D eigenvalue weighted by molar-refractivity contribution is 7.89. The van der Waals surface area contributed by atoms with E-state index in [0.717, 1.165) is 50.2 Å². The molecule has 1 atom stereocenters. The van der Waals surface area contributed by atoms with Crippen molar-refractivity contribution in [3.05, 3.63) is 82.7 Å². The average molecular weight is 622 g/mol. The van der Waals surface area contributed by atoms with Crippen molar-refractivity contribution < 1.29 is 17.9 Å². The van der Waals surface area contributed by atoms with Gasteiger partial charge in [-0.05, 0) is 106 Å². The molecule has 4 rings (SSSR count). The smallest absolute Gasteiger partial charge is 0.251 e. The van der Waals surface area contributed by atoms with Crippen molar-refractivity contribution in [3.8, 4) is 5.75 Å². The number of carbonyl (C=O) groups is 1. The minimum Gasteiger partial charge on any atom is -0.497 e. The number of rotatable bonds is 12. The molecule has 0 radical (unpaired) electrons. The second-order valence-corrected chi connectivity index (χ2v) is 14.1. The Kier molecular flexibility index (Phi) is 11.0. The Morgan fingerprint density at radius 3 is 2.34 bits per heavy atom. The zero-order valence-electron chi connectivity index (χ0n) is 27.1. The molecule has 2 aromatic carbocycles. The quantitative estimate of drug-likeness (QED) is 0.306. The van der Waals surface area contributed by atoms with E-state index in [1.807, 2.05) is 31.5 Å². The summed E-state index contributed by atoms with van der Waals surface area (Å²) < 4.78 is 32.1. The molecule has 10 heteroatoms. The molecule has 1 amide bonds. The van der Waals surface area contributed by atoms with Gasteiger partial charge in [0, 0.05) is 76.0 Å². The summed E-state index contributed by atoms with van der Waals surface area (Å²) >= 11 is 0. The topological polar surface area (TPSA) is 95.1 Å². The maximum Gasteiger partial charge on any atom is 0.251 e.